The van der Waals surface area contributed by atoms with E-state index < -0.39 is 0 Å². The van der Waals surface area contributed by atoms with Gasteiger partial charge in [-0.15, -0.1) is 0 Å². The molecule has 16 heavy (non-hydrogen) atoms. The lowest BCUT2D eigenvalue weighted by molar-refractivity contribution is 1.06. The molecule has 2 heterocycles. The maximum atomic E-state index is 4.43. The van der Waals surface area contributed by atoms with Crippen molar-refractivity contribution in [3.63, 3.8) is 0 Å². The van der Waals surface area contributed by atoms with Gasteiger partial charge in [0.2, 0.25) is 5.95 Å². The van der Waals surface area contributed by atoms with Crippen molar-refractivity contribution in [2.75, 3.05) is 11.9 Å². The lowest BCUT2D eigenvalue weighted by Gasteiger charge is -2.06. The number of rotatable bonds is 3. The van der Waals surface area contributed by atoms with Crippen molar-refractivity contribution < 1.29 is 0 Å². The van der Waals surface area contributed by atoms with Crippen molar-refractivity contribution in [2.24, 2.45) is 0 Å². The van der Waals surface area contributed by atoms with Crippen molar-refractivity contribution in [3.8, 4) is 11.3 Å². The summed E-state index contributed by atoms with van der Waals surface area (Å²) in [5.41, 5.74) is 2.78. The third kappa shape index (κ3) is 2.13. The van der Waals surface area contributed by atoms with Crippen LogP contribution in [-0.2, 0) is 0 Å². The highest BCUT2D eigenvalue weighted by Crippen LogP contribution is 2.19. The Bertz CT molecular complexity index is 469. The third-order valence-corrected chi connectivity index (χ3v) is 2.14. The van der Waals surface area contributed by atoms with Crippen LogP contribution < -0.4 is 5.32 Å². The molecule has 2 aromatic rings. The van der Waals surface area contributed by atoms with Crippen LogP contribution in [0.15, 0.2) is 24.9 Å². The molecule has 0 fully saturated rings. The molecular weight excluding hydrogens is 202 g/mol. The van der Waals surface area contributed by atoms with Gasteiger partial charge in [-0.25, -0.2) is 19.9 Å². The summed E-state index contributed by atoms with van der Waals surface area (Å²) in [5, 5.41) is 3.08. The average Bonchev–Trinajstić information content (AvgIpc) is 2.33. The zero-order valence-corrected chi connectivity index (χ0v) is 9.31. The monoisotopic (exact) mass is 215 g/mol. The Morgan fingerprint density at radius 3 is 2.62 bits per heavy atom. The quantitative estimate of drug-likeness (QED) is 0.843. The van der Waals surface area contributed by atoms with E-state index in [4.69, 9.17) is 0 Å². The third-order valence-electron chi connectivity index (χ3n) is 2.14. The van der Waals surface area contributed by atoms with Gasteiger partial charge in [0, 0.05) is 30.7 Å². The molecule has 0 saturated heterocycles. The molecule has 0 aliphatic carbocycles. The highest BCUT2D eigenvalue weighted by molar-refractivity contribution is 5.61. The van der Waals surface area contributed by atoms with Crippen LogP contribution in [0.2, 0.25) is 0 Å². The van der Waals surface area contributed by atoms with E-state index in [1.165, 1.54) is 6.33 Å². The number of hydrogen-bond acceptors (Lipinski definition) is 5. The first-order valence-electron chi connectivity index (χ1n) is 5.14. The standard InChI is InChI=1S/C11H13N5/c1-3-14-11-15-4-8(2)10(16-11)9-5-12-7-13-6-9/h4-7H,3H2,1-2H3,(H,14,15,16). The Morgan fingerprint density at radius 2 is 1.94 bits per heavy atom. The molecule has 0 bridgehead atoms. The second-order valence-corrected chi connectivity index (χ2v) is 3.38. The van der Waals surface area contributed by atoms with Crippen molar-refractivity contribution in [1.82, 2.24) is 19.9 Å². The van der Waals surface area contributed by atoms with E-state index in [1.807, 2.05) is 13.8 Å². The van der Waals surface area contributed by atoms with Crippen LogP contribution in [0.25, 0.3) is 11.3 Å². The summed E-state index contributed by atoms with van der Waals surface area (Å²) in [6.07, 6.45) is 6.80. The molecule has 5 nitrogen and oxygen atoms in total. The van der Waals surface area contributed by atoms with E-state index in [0.29, 0.717) is 5.95 Å². The van der Waals surface area contributed by atoms with Crippen LogP contribution in [0.3, 0.4) is 0 Å². The summed E-state index contributed by atoms with van der Waals surface area (Å²) >= 11 is 0. The van der Waals surface area contributed by atoms with Crippen LogP contribution >= 0.6 is 0 Å². The summed E-state index contributed by atoms with van der Waals surface area (Å²) < 4.78 is 0. The first kappa shape index (κ1) is 10.5. The molecule has 0 spiro atoms. The van der Waals surface area contributed by atoms with Crippen molar-refractivity contribution in [1.29, 1.82) is 0 Å². The Labute approximate surface area is 94.0 Å². The van der Waals surface area contributed by atoms with Crippen LogP contribution in [-0.4, -0.2) is 26.5 Å². The van der Waals surface area contributed by atoms with Crippen molar-refractivity contribution >= 4 is 5.95 Å². The molecule has 0 saturated carbocycles. The lowest BCUT2D eigenvalue weighted by atomic mass is 10.1. The molecule has 0 unspecified atom stereocenters. The fourth-order valence-electron chi connectivity index (χ4n) is 1.40. The fourth-order valence-corrected chi connectivity index (χ4v) is 1.40. The minimum Gasteiger partial charge on any atom is -0.354 e. The number of nitrogens with one attached hydrogen (secondary N) is 1. The summed E-state index contributed by atoms with van der Waals surface area (Å²) in [7, 11) is 0. The fraction of sp³-hybridized carbons (Fsp3) is 0.273. The van der Waals surface area contributed by atoms with Gasteiger partial charge in [-0.2, -0.15) is 0 Å². The minimum absolute atomic E-state index is 0.631. The smallest absolute Gasteiger partial charge is 0.223 e. The van der Waals surface area contributed by atoms with Gasteiger partial charge in [0.25, 0.3) is 0 Å². The first-order valence-corrected chi connectivity index (χ1v) is 5.14. The summed E-state index contributed by atoms with van der Waals surface area (Å²) in [5.74, 6) is 0.631. The highest BCUT2D eigenvalue weighted by atomic mass is 15.1. The molecule has 0 aliphatic rings. The molecule has 0 atom stereocenters. The van der Waals surface area contributed by atoms with E-state index in [0.717, 1.165) is 23.4 Å². The zero-order chi connectivity index (χ0) is 11.4. The maximum Gasteiger partial charge on any atom is 0.223 e. The van der Waals surface area contributed by atoms with Gasteiger partial charge >= 0.3 is 0 Å². The maximum absolute atomic E-state index is 4.43. The predicted molar refractivity (Wildman–Crippen MR) is 62.0 cm³/mol. The Hall–Kier alpha value is -2.04. The Morgan fingerprint density at radius 1 is 1.19 bits per heavy atom. The van der Waals surface area contributed by atoms with Gasteiger partial charge in [0.1, 0.15) is 6.33 Å². The van der Waals surface area contributed by atoms with Gasteiger partial charge in [-0.05, 0) is 19.4 Å². The molecule has 0 amide bonds. The van der Waals surface area contributed by atoms with Crippen LogP contribution in [0.1, 0.15) is 12.5 Å². The van der Waals surface area contributed by atoms with Crippen LogP contribution in [0.5, 0.6) is 0 Å². The molecule has 1 N–H and O–H groups in total. The SMILES string of the molecule is CCNc1ncc(C)c(-c2cncnc2)n1. The molecule has 0 radical (unpaired) electrons. The van der Waals surface area contributed by atoms with Gasteiger partial charge in [0.15, 0.2) is 0 Å². The largest absolute Gasteiger partial charge is 0.354 e. The molecular formula is C11H13N5. The summed E-state index contributed by atoms with van der Waals surface area (Å²) in [6, 6.07) is 0. The number of nitrogens with zero attached hydrogens (tertiary/aromatic N) is 4. The second kappa shape index (κ2) is 4.65. The minimum atomic E-state index is 0.631. The van der Waals surface area contributed by atoms with Gasteiger partial charge in [-0.1, -0.05) is 0 Å². The number of anilines is 1. The van der Waals surface area contributed by atoms with Crippen LogP contribution in [0.4, 0.5) is 5.95 Å². The second-order valence-electron chi connectivity index (χ2n) is 3.38. The van der Waals surface area contributed by atoms with Gasteiger partial charge < -0.3 is 5.32 Å². The highest BCUT2D eigenvalue weighted by Gasteiger charge is 2.06. The van der Waals surface area contributed by atoms with E-state index in [2.05, 4.69) is 25.3 Å². The normalized spacial score (nSPS) is 10.1. The predicted octanol–water partition coefficient (Wildman–Crippen LogP) is 1.67. The van der Waals surface area contributed by atoms with Crippen molar-refractivity contribution in [2.45, 2.75) is 13.8 Å². The average molecular weight is 215 g/mol. The number of hydrogen-bond donors (Lipinski definition) is 1. The molecule has 2 rings (SSSR count). The summed E-state index contributed by atoms with van der Waals surface area (Å²) in [4.78, 5) is 16.6. The van der Waals surface area contributed by atoms with Gasteiger partial charge in [0.05, 0.1) is 5.69 Å². The first-order chi connectivity index (χ1) is 7.81. The van der Waals surface area contributed by atoms with E-state index >= 15 is 0 Å². The van der Waals surface area contributed by atoms with E-state index in [9.17, 15) is 0 Å². The number of aryl methyl sites for hydroxylation is 1. The summed E-state index contributed by atoms with van der Waals surface area (Å²) in [6.45, 7) is 4.78. The molecule has 82 valence electrons. The van der Waals surface area contributed by atoms with Crippen LogP contribution in [0, 0.1) is 6.92 Å². The molecule has 5 heteroatoms. The van der Waals surface area contributed by atoms with Crippen molar-refractivity contribution in [3.05, 3.63) is 30.5 Å². The van der Waals surface area contributed by atoms with Gasteiger partial charge in [-0.3, -0.25) is 0 Å². The Balaban J connectivity index is 2.43. The lowest BCUT2D eigenvalue weighted by Crippen LogP contribution is -2.03. The van der Waals surface area contributed by atoms with E-state index in [-0.39, 0.29) is 0 Å². The Kier molecular flexibility index (Phi) is 3.05. The van der Waals surface area contributed by atoms with E-state index in [1.54, 1.807) is 18.6 Å². The number of aromatic nitrogens is 4. The topological polar surface area (TPSA) is 63.6 Å². The molecule has 0 aromatic carbocycles. The molecule has 0 aliphatic heterocycles. The molecule has 2 aromatic heterocycles. The zero-order valence-electron chi connectivity index (χ0n) is 9.31.